The van der Waals surface area contributed by atoms with Crippen molar-refractivity contribution in [2.75, 3.05) is 5.32 Å². The minimum Gasteiger partial charge on any atom is -0.318 e. The standard InChI is InChI=1S/C17H21N5O/c1-11-5-14-8-15(6-11)22(14)17(23)20-13-4-3-12(2)16(7-13)21-10-18-9-19-21/h3-4,7,9-11,14-15H,5-6,8H2,1-2H3,(H,20,23). The largest absolute Gasteiger partial charge is 0.322 e. The summed E-state index contributed by atoms with van der Waals surface area (Å²) in [5.74, 6) is 0.737. The first-order chi connectivity index (χ1) is 11.1. The number of amides is 2. The molecule has 1 aromatic heterocycles. The lowest BCUT2D eigenvalue weighted by Crippen LogP contribution is -2.63. The fraction of sp³-hybridized carbons (Fsp3) is 0.471. The van der Waals surface area contributed by atoms with Crippen LogP contribution in [0.5, 0.6) is 0 Å². The lowest BCUT2D eigenvalue weighted by Gasteiger charge is -2.54. The van der Waals surface area contributed by atoms with Crippen LogP contribution in [0.25, 0.3) is 5.69 Å². The number of aryl methyl sites for hydroxylation is 1. The maximum absolute atomic E-state index is 12.6. The summed E-state index contributed by atoms with van der Waals surface area (Å²) in [7, 11) is 0. The number of urea groups is 1. The lowest BCUT2D eigenvalue weighted by atomic mass is 9.74. The Morgan fingerprint density at radius 3 is 2.74 bits per heavy atom. The zero-order valence-corrected chi connectivity index (χ0v) is 13.4. The van der Waals surface area contributed by atoms with Gasteiger partial charge in [0, 0.05) is 17.8 Å². The van der Waals surface area contributed by atoms with Crippen molar-refractivity contribution in [3.8, 4) is 5.69 Å². The molecule has 1 aromatic carbocycles. The number of fused-ring (bicyclic) bond motifs is 2. The molecule has 0 saturated carbocycles. The highest BCUT2D eigenvalue weighted by Gasteiger charge is 2.46. The van der Waals surface area contributed by atoms with Crippen LogP contribution in [0.2, 0.25) is 0 Å². The van der Waals surface area contributed by atoms with Crippen molar-refractivity contribution < 1.29 is 4.79 Å². The van der Waals surface area contributed by atoms with E-state index in [1.54, 1.807) is 11.0 Å². The highest BCUT2D eigenvalue weighted by Crippen LogP contribution is 2.41. The molecule has 2 fully saturated rings. The van der Waals surface area contributed by atoms with Crippen LogP contribution >= 0.6 is 0 Å². The molecule has 4 rings (SSSR count). The van der Waals surface area contributed by atoms with Gasteiger partial charge in [0.1, 0.15) is 12.7 Å². The summed E-state index contributed by atoms with van der Waals surface area (Å²) < 4.78 is 1.71. The highest BCUT2D eigenvalue weighted by molar-refractivity contribution is 5.90. The second kappa shape index (κ2) is 5.37. The number of carbonyl (C=O) groups excluding carboxylic acids is 1. The molecule has 6 heteroatoms. The molecule has 2 unspecified atom stereocenters. The SMILES string of the molecule is Cc1ccc(NC(=O)N2C3CC(C)CC2C3)cc1-n1cncn1. The van der Waals surface area contributed by atoms with Crippen LogP contribution in [0.4, 0.5) is 10.5 Å². The van der Waals surface area contributed by atoms with Crippen molar-refractivity contribution >= 4 is 11.7 Å². The van der Waals surface area contributed by atoms with Gasteiger partial charge in [-0.2, -0.15) is 5.10 Å². The van der Waals surface area contributed by atoms with E-state index in [1.165, 1.54) is 6.33 Å². The monoisotopic (exact) mass is 311 g/mol. The average Bonchev–Trinajstić information content (AvgIpc) is 3.02. The predicted octanol–water partition coefficient (Wildman–Crippen LogP) is 2.98. The number of nitrogens with one attached hydrogen (secondary N) is 1. The summed E-state index contributed by atoms with van der Waals surface area (Å²) >= 11 is 0. The van der Waals surface area contributed by atoms with Crippen LogP contribution in [0, 0.1) is 12.8 Å². The fourth-order valence-corrected chi connectivity index (χ4v) is 3.93. The molecule has 0 aliphatic carbocycles. The van der Waals surface area contributed by atoms with Crippen LogP contribution in [-0.4, -0.2) is 37.8 Å². The molecule has 120 valence electrons. The van der Waals surface area contributed by atoms with Crippen molar-refractivity contribution in [1.82, 2.24) is 19.7 Å². The van der Waals surface area contributed by atoms with Gasteiger partial charge in [0.15, 0.2) is 0 Å². The Kier molecular flexibility index (Phi) is 3.32. The Labute approximate surface area is 135 Å². The molecule has 6 nitrogen and oxygen atoms in total. The third kappa shape index (κ3) is 2.48. The normalized spacial score (nSPS) is 25.8. The lowest BCUT2D eigenvalue weighted by molar-refractivity contribution is -0.00600. The summed E-state index contributed by atoms with van der Waals surface area (Å²) in [6.45, 7) is 4.29. The molecule has 23 heavy (non-hydrogen) atoms. The number of hydrogen-bond acceptors (Lipinski definition) is 3. The summed E-state index contributed by atoms with van der Waals surface area (Å²) in [6, 6.07) is 6.73. The van der Waals surface area contributed by atoms with Crippen LogP contribution < -0.4 is 5.32 Å². The first-order valence-electron chi connectivity index (χ1n) is 8.17. The number of hydrogen-bond donors (Lipinski definition) is 1. The first kappa shape index (κ1) is 14.2. The molecule has 0 spiro atoms. The molecule has 2 aromatic rings. The summed E-state index contributed by atoms with van der Waals surface area (Å²) in [5, 5.41) is 7.21. The van der Waals surface area contributed by atoms with E-state index in [1.807, 2.05) is 30.0 Å². The molecule has 2 aliphatic heterocycles. The quantitative estimate of drug-likeness (QED) is 0.927. The molecule has 3 heterocycles. The van der Waals surface area contributed by atoms with Crippen LogP contribution in [0.3, 0.4) is 0 Å². The third-order valence-corrected chi connectivity index (χ3v) is 5.04. The Hall–Kier alpha value is -2.37. The Balaban J connectivity index is 1.51. The number of rotatable bonds is 2. The van der Waals surface area contributed by atoms with Crippen molar-refractivity contribution in [3.05, 3.63) is 36.4 Å². The van der Waals surface area contributed by atoms with Crippen molar-refractivity contribution in [1.29, 1.82) is 0 Å². The minimum atomic E-state index is 0.0199. The maximum Gasteiger partial charge on any atom is 0.322 e. The second-order valence-corrected chi connectivity index (χ2v) is 6.80. The van der Waals surface area contributed by atoms with E-state index in [9.17, 15) is 4.79 Å². The number of carbonyl (C=O) groups is 1. The van der Waals surface area contributed by atoms with E-state index >= 15 is 0 Å². The molecule has 2 amide bonds. The third-order valence-electron chi connectivity index (χ3n) is 5.04. The average molecular weight is 311 g/mol. The van der Waals surface area contributed by atoms with Crippen LogP contribution in [-0.2, 0) is 0 Å². The van der Waals surface area contributed by atoms with Gasteiger partial charge in [-0.15, -0.1) is 0 Å². The zero-order valence-electron chi connectivity index (χ0n) is 13.4. The maximum atomic E-state index is 12.6. The fourth-order valence-electron chi connectivity index (χ4n) is 3.93. The van der Waals surface area contributed by atoms with Crippen molar-refractivity contribution in [2.45, 2.75) is 45.2 Å². The number of nitrogens with zero attached hydrogens (tertiary/aromatic N) is 4. The molecule has 2 aliphatic rings. The molecule has 2 bridgehead atoms. The van der Waals surface area contributed by atoms with E-state index in [0.717, 1.165) is 42.1 Å². The van der Waals surface area contributed by atoms with Crippen molar-refractivity contribution in [2.24, 2.45) is 5.92 Å². The van der Waals surface area contributed by atoms with E-state index < -0.39 is 0 Å². The van der Waals surface area contributed by atoms with Gasteiger partial charge < -0.3 is 10.2 Å². The number of anilines is 1. The molecule has 1 N–H and O–H groups in total. The molecule has 2 atom stereocenters. The Bertz CT molecular complexity index is 715. The summed E-state index contributed by atoms with van der Waals surface area (Å²) in [4.78, 5) is 18.6. The van der Waals surface area contributed by atoms with Gasteiger partial charge in [0.05, 0.1) is 5.69 Å². The summed E-state index contributed by atoms with van der Waals surface area (Å²) in [6.07, 6.45) is 6.59. The molecule has 2 saturated heterocycles. The van der Waals surface area contributed by atoms with Gasteiger partial charge in [0.25, 0.3) is 0 Å². The summed E-state index contributed by atoms with van der Waals surface area (Å²) in [5.41, 5.74) is 2.81. The van der Waals surface area contributed by atoms with E-state index in [4.69, 9.17) is 0 Å². The zero-order chi connectivity index (χ0) is 16.0. The van der Waals surface area contributed by atoms with Crippen molar-refractivity contribution in [3.63, 3.8) is 0 Å². The smallest absolute Gasteiger partial charge is 0.318 e. The van der Waals surface area contributed by atoms with Gasteiger partial charge in [-0.1, -0.05) is 13.0 Å². The molecule has 0 radical (unpaired) electrons. The van der Waals surface area contributed by atoms with E-state index in [0.29, 0.717) is 12.1 Å². The first-order valence-corrected chi connectivity index (χ1v) is 8.17. The number of benzene rings is 1. The van der Waals surface area contributed by atoms with Gasteiger partial charge in [-0.3, -0.25) is 0 Å². The number of aromatic nitrogens is 3. The van der Waals surface area contributed by atoms with Crippen LogP contribution in [0.1, 0.15) is 31.7 Å². The Morgan fingerprint density at radius 1 is 1.26 bits per heavy atom. The topological polar surface area (TPSA) is 63.1 Å². The number of piperidine rings is 1. The van der Waals surface area contributed by atoms with Gasteiger partial charge in [-0.25, -0.2) is 14.5 Å². The van der Waals surface area contributed by atoms with Gasteiger partial charge in [0.2, 0.25) is 0 Å². The second-order valence-electron chi connectivity index (χ2n) is 6.80. The van der Waals surface area contributed by atoms with E-state index in [2.05, 4.69) is 22.3 Å². The predicted molar refractivity (Wildman–Crippen MR) is 87.5 cm³/mol. The minimum absolute atomic E-state index is 0.0199. The van der Waals surface area contributed by atoms with Crippen LogP contribution in [0.15, 0.2) is 30.9 Å². The molecular weight excluding hydrogens is 290 g/mol. The van der Waals surface area contributed by atoms with E-state index in [-0.39, 0.29) is 6.03 Å². The van der Waals surface area contributed by atoms with Gasteiger partial charge >= 0.3 is 6.03 Å². The van der Waals surface area contributed by atoms with Gasteiger partial charge in [-0.05, 0) is 49.8 Å². The highest BCUT2D eigenvalue weighted by atomic mass is 16.2. The molecular formula is C17H21N5O. The Morgan fingerprint density at radius 2 is 2.04 bits per heavy atom.